The third-order valence-corrected chi connectivity index (χ3v) is 5.35. The zero-order valence-corrected chi connectivity index (χ0v) is 19.7. The van der Waals surface area contributed by atoms with Gasteiger partial charge in [0, 0.05) is 36.8 Å². The van der Waals surface area contributed by atoms with Gasteiger partial charge in [-0.05, 0) is 24.6 Å². The van der Waals surface area contributed by atoms with E-state index >= 15 is 0 Å². The van der Waals surface area contributed by atoms with Crippen LogP contribution in [0.4, 0.5) is 0 Å². The largest absolute Gasteiger partial charge is 0.355 e. The third-order valence-electron chi connectivity index (χ3n) is 3.47. The second kappa shape index (κ2) is 12.4. The van der Waals surface area contributed by atoms with Gasteiger partial charge in [0.15, 0.2) is 5.96 Å². The minimum Gasteiger partial charge on any atom is -0.355 e. The van der Waals surface area contributed by atoms with Crippen molar-refractivity contribution in [2.45, 2.75) is 19.9 Å². The predicted molar refractivity (Wildman–Crippen MR) is 124 cm³/mol. The summed E-state index contributed by atoms with van der Waals surface area (Å²) in [6, 6.07) is 4.78. The van der Waals surface area contributed by atoms with Crippen molar-refractivity contribution < 1.29 is 4.79 Å². The number of benzene rings is 1. The van der Waals surface area contributed by atoms with Crippen LogP contribution in [-0.2, 0) is 13.0 Å². The van der Waals surface area contributed by atoms with E-state index in [2.05, 4.69) is 32.9 Å². The topological polar surface area (TPSA) is 78.4 Å². The number of carbonyl (C=O) groups excluding carboxylic acids is 1. The summed E-state index contributed by atoms with van der Waals surface area (Å²) in [7, 11) is 1.70. The van der Waals surface area contributed by atoms with E-state index in [0.717, 1.165) is 11.4 Å². The summed E-state index contributed by atoms with van der Waals surface area (Å²) in [5.41, 5.74) is 0.470. The quantitative estimate of drug-likeness (QED) is 0.216. The van der Waals surface area contributed by atoms with Crippen molar-refractivity contribution >= 4 is 70.4 Å². The van der Waals surface area contributed by atoms with Gasteiger partial charge in [0.05, 0.1) is 16.6 Å². The van der Waals surface area contributed by atoms with Crippen molar-refractivity contribution in [3.63, 3.8) is 0 Å². The third kappa shape index (κ3) is 7.81. The first kappa shape index (κ1) is 23.9. The van der Waals surface area contributed by atoms with E-state index in [4.69, 9.17) is 23.2 Å². The molecule has 0 bridgehead atoms. The molecular formula is C17H22Cl2IN5OS. The maximum atomic E-state index is 12.1. The van der Waals surface area contributed by atoms with Crippen molar-refractivity contribution in [3.8, 4) is 0 Å². The number of aliphatic imine (C=N–C) groups is 1. The lowest BCUT2D eigenvalue weighted by atomic mass is 10.2. The standard InChI is InChI=1S/C17H21Cl2N5OS.HI/c1-3-12-9-23-15(26-12)10-24-17(20-2)22-7-6-21-16(25)11-4-5-13(18)14(19)8-11;/h4-5,8-9H,3,6-7,10H2,1-2H3,(H,21,25)(H2,20,22,24);1H. The Hall–Kier alpha value is -1.10. The van der Waals surface area contributed by atoms with Gasteiger partial charge in [-0.25, -0.2) is 4.98 Å². The van der Waals surface area contributed by atoms with Crippen molar-refractivity contribution in [3.05, 3.63) is 49.9 Å². The molecule has 0 aliphatic rings. The lowest BCUT2D eigenvalue weighted by molar-refractivity contribution is 0.0954. The van der Waals surface area contributed by atoms with Crippen LogP contribution in [0.2, 0.25) is 10.0 Å². The predicted octanol–water partition coefficient (Wildman–Crippen LogP) is 3.73. The number of nitrogens with one attached hydrogen (secondary N) is 3. The molecule has 3 N–H and O–H groups in total. The Kier molecular flexibility index (Phi) is 11.0. The van der Waals surface area contributed by atoms with Crippen LogP contribution < -0.4 is 16.0 Å². The van der Waals surface area contributed by atoms with E-state index in [0.29, 0.717) is 41.2 Å². The lowest BCUT2D eigenvalue weighted by Crippen LogP contribution is -2.41. The number of aromatic nitrogens is 1. The number of carbonyl (C=O) groups is 1. The van der Waals surface area contributed by atoms with Crippen LogP contribution in [0.3, 0.4) is 0 Å². The number of nitrogens with zero attached hydrogens (tertiary/aromatic N) is 2. The molecule has 1 aromatic carbocycles. The van der Waals surface area contributed by atoms with E-state index < -0.39 is 0 Å². The number of hydrogen-bond donors (Lipinski definition) is 3. The Balaban J connectivity index is 0.00000364. The summed E-state index contributed by atoms with van der Waals surface area (Å²) >= 11 is 13.5. The first-order chi connectivity index (χ1) is 12.5. The highest BCUT2D eigenvalue weighted by atomic mass is 127. The molecule has 1 amide bonds. The van der Waals surface area contributed by atoms with Crippen molar-refractivity contribution in [1.82, 2.24) is 20.9 Å². The molecule has 2 rings (SSSR count). The molecule has 0 fully saturated rings. The first-order valence-electron chi connectivity index (χ1n) is 8.14. The maximum absolute atomic E-state index is 12.1. The molecule has 6 nitrogen and oxygen atoms in total. The van der Waals surface area contributed by atoms with E-state index in [9.17, 15) is 4.79 Å². The van der Waals surface area contributed by atoms with Crippen LogP contribution in [0.1, 0.15) is 27.2 Å². The molecule has 1 aromatic heterocycles. The van der Waals surface area contributed by atoms with Crippen LogP contribution in [0.15, 0.2) is 29.4 Å². The fourth-order valence-electron chi connectivity index (χ4n) is 2.07. The minimum atomic E-state index is -0.205. The van der Waals surface area contributed by atoms with Gasteiger partial charge in [-0.15, -0.1) is 35.3 Å². The zero-order chi connectivity index (χ0) is 18.9. The second-order valence-corrected chi connectivity index (χ2v) is 7.33. The average Bonchev–Trinajstić information content (AvgIpc) is 3.11. The molecule has 0 aliphatic carbocycles. The molecule has 27 heavy (non-hydrogen) atoms. The molecule has 10 heteroatoms. The highest BCUT2D eigenvalue weighted by Gasteiger charge is 2.08. The lowest BCUT2D eigenvalue weighted by Gasteiger charge is -2.11. The number of guanidine groups is 1. The summed E-state index contributed by atoms with van der Waals surface area (Å²) in [6.45, 7) is 3.69. The molecule has 0 saturated heterocycles. The van der Waals surface area contributed by atoms with Gasteiger partial charge in [0.2, 0.25) is 0 Å². The molecular weight excluding hydrogens is 520 g/mol. The van der Waals surface area contributed by atoms with Gasteiger partial charge >= 0.3 is 0 Å². The van der Waals surface area contributed by atoms with E-state index in [-0.39, 0.29) is 29.9 Å². The number of rotatable bonds is 7. The summed E-state index contributed by atoms with van der Waals surface area (Å²) in [6.07, 6.45) is 2.89. The number of amides is 1. The Morgan fingerprint density at radius 3 is 2.56 bits per heavy atom. The molecule has 0 spiro atoms. The number of hydrogen-bond acceptors (Lipinski definition) is 4. The number of thiazole rings is 1. The summed E-state index contributed by atoms with van der Waals surface area (Å²) < 4.78 is 0. The van der Waals surface area contributed by atoms with Crippen molar-refractivity contribution in [2.75, 3.05) is 20.1 Å². The van der Waals surface area contributed by atoms with Gasteiger partial charge in [0.1, 0.15) is 5.01 Å². The fraction of sp³-hybridized carbons (Fsp3) is 0.353. The van der Waals surface area contributed by atoms with Crippen LogP contribution in [0.25, 0.3) is 0 Å². The summed E-state index contributed by atoms with van der Waals surface area (Å²) in [5.74, 6) is 0.449. The maximum Gasteiger partial charge on any atom is 0.251 e. The fourth-order valence-corrected chi connectivity index (χ4v) is 3.17. The SMILES string of the molecule is CCc1cnc(CNC(=NC)NCCNC(=O)c2ccc(Cl)c(Cl)c2)s1.I. The average molecular weight is 542 g/mol. The monoisotopic (exact) mass is 541 g/mol. The van der Waals surface area contributed by atoms with Crippen molar-refractivity contribution in [1.29, 1.82) is 0 Å². The molecule has 148 valence electrons. The highest BCUT2D eigenvalue weighted by Crippen LogP contribution is 2.22. The van der Waals surface area contributed by atoms with E-state index in [1.54, 1.807) is 36.6 Å². The van der Waals surface area contributed by atoms with Gasteiger partial charge < -0.3 is 16.0 Å². The zero-order valence-electron chi connectivity index (χ0n) is 15.0. The molecule has 0 radical (unpaired) electrons. The molecule has 0 aliphatic heterocycles. The number of aryl methyl sites for hydroxylation is 1. The van der Waals surface area contributed by atoms with Crippen molar-refractivity contribution in [2.24, 2.45) is 4.99 Å². The van der Waals surface area contributed by atoms with Gasteiger partial charge in [-0.2, -0.15) is 0 Å². The minimum absolute atomic E-state index is 0. The Labute approximate surface area is 190 Å². The number of halogens is 3. The molecule has 0 saturated carbocycles. The summed E-state index contributed by atoms with van der Waals surface area (Å²) in [4.78, 5) is 21.8. The van der Waals surface area contributed by atoms with Gasteiger partial charge in [0.25, 0.3) is 5.91 Å². The van der Waals surface area contributed by atoms with Crippen LogP contribution >= 0.6 is 58.5 Å². The first-order valence-corrected chi connectivity index (χ1v) is 9.72. The van der Waals surface area contributed by atoms with Crippen LogP contribution in [0, 0.1) is 0 Å². The van der Waals surface area contributed by atoms with Crippen LogP contribution in [0.5, 0.6) is 0 Å². The normalized spacial score (nSPS) is 10.9. The van der Waals surface area contributed by atoms with Gasteiger partial charge in [-0.1, -0.05) is 30.1 Å². The Bertz CT molecular complexity index is 784. The second-order valence-electron chi connectivity index (χ2n) is 5.31. The van der Waals surface area contributed by atoms with Crippen LogP contribution in [-0.4, -0.2) is 37.0 Å². The van der Waals surface area contributed by atoms with E-state index in [1.165, 1.54) is 4.88 Å². The Morgan fingerprint density at radius 1 is 1.19 bits per heavy atom. The molecule has 0 atom stereocenters. The summed E-state index contributed by atoms with van der Waals surface area (Å²) in [5, 5.41) is 10.9. The molecule has 0 unspecified atom stereocenters. The smallest absolute Gasteiger partial charge is 0.251 e. The highest BCUT2D eigenvalue weighted by molar-refractivity contribution is 14.0. The molecule has 2 aromatic rings. The Morgan fingerprint density at radius 2 is 1.93 bits per heavy atom. The van der Waals surface area contributed by atoms with E-state index in [1.807, 2.05) is 6.20 Å². The van der Waals surface area contributed by atoms with Gasteiger partial charge in [-0.3, -0.25) is 9.79 Å². The molecule has 1 heterocycles.